The van der Waals surface area contributed by atoms with E-state index < -0.39 is 0 Å². The third-order valence-corrected chi connectivity index (χ3v) is 6.92. The van der Waals surface area contributed by atoms with Crippen molar-refractivity contribution in [2.75, 3.05) is 18.4 Å². The lowest BCUT2D eigenvalue weighted by Crippen LogP contribution is -2.52. The number of rotatable bonds is 3. The number of carbonyl (C=O) groups excluding carboxylic acids is 1. The highest BCUT2D eigenvalue weighted by atomic mass is 16.2. The fourth-order valence-electron chi connectivity index (χ4n) is 5.12. The number of fused-ring (bicyclic) bond motifs is 2. The molecule has 9 nitrogen and oxygen atoms in total. The predicted octanol–water partition coefficient (Wildman–Crippen LogP) is 2.87. The largest absolute Gasteiger partial charge is 0.351 e. The molecule has 1 aliphatic heterocycles. The van der Waals surface area contributed by atoms with Crippen LogP contribution in [0.2, 0.25) is 0 Å². The molecule has 2 fully saturated rings. The number of piperidine rings is 1. The summed E-state index contributed by atoms with van der Waals surface area (Å²) in [5.41, 5.74) is 3.81. The SMILES string of the molecule is CC(=O)N1CCC2(CC1)CC(Nc1ncc3c(-c4ccc5nccn5n4)c[nH]c3n1)C2. The van der Waals surface area contributed by atoms with Crippen LogP contribution in [-0.4, -0.2) is 59.5 Å². The van der Waals surface area contributed by atoms with E-state index in [1.807, 2.05) is 35.6 Å². The van der Waals surface area contributed by atoms with E-state index in [9.17, 15) is 4.79 Å². The molecule has 0 atom stereocenters. The van der Waals surface area contributed by atoms with E-state index in [0.717, 1.165) is 66.7 Å². The first-order chi connectivity index (χ1) is 15.1. The molecule has 1 saturated heterocycles. The molecule has 6 rings (SSSR count). The molecular weight excluding hydrogens is 392 g/mol. The van der Waals surface area contributed by atoms with E-state index in [-0.39, 0.29) is 5.91 Å². The molecule has 158 valence electrons. The molecule has 1 spiro atoms. The lowest BCUT2D eigenvalue weighted by Gasteiger charge is -2.52. The summed E-state index contributed by atoms with van der Waals surface area (Å²) < 4.78 is 1.76. The lowest BCUT2D eigenvalue weighted by molar-refractivity contribution is -0.132. The molecule has 0 bridgehead atoms. The summed E-state index contributed by atoms with van der Waals surface area (Å²) in [6.45, 7) is 3.43. The van der Waals surface area contributed by atoms with Crippen LogP contribution in [0.15, 0.2) is 36.9 Å². The first-order valence-corrected chi connectivity index (χ1v) is 10.8. The first kappa shape index (κ1) is 18.3. The molecule has 4 aromatic rings. The van der Waals surface area contributed by atoms with E-state index in [2.05, 4.69) is 30.4 Å². The maximum atomic E-state index is 11.6. The van der Waals surface area contributed by atoms with Crippen molar-refractivity contribution in [3.05, 3.63) is 36.9 Å². The van der Waals surface area contributed by atoms with Crippen LogP contribution >= 0.6 is 0 Å². The van der Waals surface area contributed by atoms with Gasteiger partial charge in [-0.2, -0.15) is 10.1 Å². The highest BCUT2D eigenvalue weighted by Crippen LogP contribution is 2.49. The summed E-state index contributed by atoms with van der Waals surface area (Å²) in [4.78, 5) is 30.3. The predicted molar refractivity (Wildman–Crippen MR) is 116 cm³/mol. The number of nitrogens with one attached hydrogen (secondary N) is 2. The zero-order chi connectivity index (χ0) is 21.0. The van der Waals surface area contributed by atoms with Crippen molar-refractivity contribution in [1.29, 1.82) is 0 Å². The smallest absolute Gasteiger partial charge is 0.224 e. The Bertz CT molecular complexity index is 1280. The van der Waals surface area contributed by atoms with Gasteiger partial charge >= 0.3 is 0 Å². The van der Waals surface area contributed by atoms with Crippen LogP contribution in [0.1, 0.15) is 32.6 Å². The average molecular weight is 416 g/mol. The minimum Gasteiger partial charge on any atom is -0.351 e. The second kappa shape index (κ2) is 6.76. The third-order valence-electron chi connectivity index (χ3n) is 6.92. The lowest BCUT2D eigenvalue weighted by atomic mass is 9.60. The number of amides is 1. The normalized spacial score (nSPS) is 18.5. The minimum atomic E-state index is 0.191. The minimum absolute atomic E-state index is 0.191. The molecule has 0 unspecified atom stereocenters. The van der Waals surface area contributed by atoms with Crippen molar-refractivity contribution in [3.63, 3.8) is 0 Å². The zero-order valence-corrected chi connectivity index (χ0v) is 17.4. The molecule has 2 aliphatic rings. The molecule has 1 aliphatic carbocycles. The van der Waals surface area contributed by atoms with Crippen LogP contribution in [0, 0.1) is 5.41 Å². The molecule has 9 heteroatoms. The quantitative estimate of drug-likeness (QED) is 0.532. The summed E-state index contributed by atoms with van der Waals surface area (Å²) in [5, 5.41) is 9.06. The molecule has 31 heavy (non-hydrogen) atoms. The van der Waals surface area contributed by atoms with E-state index in [1.165, 1.54) is 0 Å². The Kier molecular flexibility index (Phi) is 3.99. The second-order valence-corrected chi connectivity index (χ2v) is 8.86. The average Bonchev–Trinajstić information content (AvgIpc) is 3.39. The summed E-state index contributed by atoms with van der Waals surface area (Å²) in [6.07, 6.45) is 11.8. The highest BCUT2D eigenvalue weighted by molar-refractivity contribution is 5.92. The molecule has 1 amide bonds. The Morgan fingerprint density at radius 1 is 1.23 bits per heavy atom. The van der Waals surface area contributed by atoms with Gasteiger partial charge in [-0.25, -0.2) is 14.5 Å². The molecule has 0 radical (unpaired) electrons. The van der Waals surface area contributed by atoms with Gasteiger partial charge in [0.25, 0.3) is 0 Å². The van der Waals surface area contributed by atoms with Gasteiger partial charge in [0.15, 0.2) is 5.65 Å². The first-order valence-electron chi connectivity index (χ1n) is 10.8. The number of anilines is 1. The maximum Gasteiger partial charge on any atom is 0.224 e. The van der Waals surface area contributed by atoms with E-state index in [1.54, 1.807) is 17.6 Å². The van der Waals surface area contributed by atoms with Gasteiger partial charge in [-0.1, -0.05) is 0 Å². The Morgan fingerprint density at radius 2 is 2.06 bits per heavy atom. The van der Waals surface area contributed by atoms with Crippen LogP contribution in [0.3, 0.4) is 0 Å². The third kappa shape index (κ3) is 3.11. The number of H-pyrrole nitrogens is 1. The Hall–Kier alpha value is -3.49. The Labute approximate surface area is 178 Å². The number of likely N-dealkylation sites (tertiary alicyclic amines) is 1. The van der Waals surface area contributed by atoms with Gasteiger partial charge in [0.1, 0.15) is 5.65 Å². The monoisotopic (exact) mass is 416 g/mol. The van der Waals surface area contributed by atoms with Crippen LogP contribution in [0.5, 0.6) is 0 Å². The number of hydrogen-bond donors (Lipinski definition) is 2. The van der Waals surface area contributed by atoms with Crippen LogP contribution in [0.25, 0.3) is 27.9 Å². The van der Waals surface area contributed by atoms with Crippen molar-refractivity contribution < 1.29 is 4.79 Å². The van der Waals surface area contributed by atoms with Crippen molar-refractivity contribution >= 4 is 28.5 Å². The Morgan fingerprint density at radius 3 is 2.87 bits per heavy atom. The number of hydrogen-bond acceptors (Lipinski definition) is 6. The number of aromatic amines is 1. The summed E-state index contributed by atoms with van der Waals surface area (Å²) in [5.74, 6) is 0.843. The second-order valence-electron chi connectivity index (χ2n) is 8.86. The van der Waals surface area contributed by atoms with E-state index in [0.29, 0.717) is 17.4 Å². The van der Waals surface area contributed by atoms with Crippen molar-refractivity contribution in [1.82, 2.24) is 34.4 Å². The fourth-order valence-corrected chi connectivity index (χ4v) is 5.12. The molecular formula is C22H24N8O. The van der Waals surface area contributed by atoms with Gasteiger partial charge in [0.05, 0.1) is 5.69 Å². The van der Waals surface area contributed by atoms with E-state index >= 15 is 0 Å². The number of imidazole rings is 1. The number of nitrogens with zero attached hydrogens (tertiary/aromatic N) is 6. The van der Waals surface area contributed by atoms with Gasteiger partial charge in [-0.3, -0.25) is 4.79 Å². The van der Waals surface area contributed by atoms with Gasteiger partial charge in [-0.15, -0.1) is 0 Å². The molecule has 5 heterocycles. The van der Waals surface area contributed by atoms with Crippen molar-refractivity contribution in [2.45, 2.75) is 38.6 Å². The summed E-state index contributed by atoms with van der Waals surface area (Å²) in [6, 6.07) is 4.30. The van der Waals surface area contributed by atoms with Gasteiger partial charge in [0.2, 0.25) is 11.9 Å². The standard InChI is InChI=1S/C22H24N8O/c1-14(31)29-7-4-22(5-8-29)10-15(11-22)26-21-25-13-17-16(12-24-20(17)27-21)18-2-3-19-23-6-9-30(19)28-18/h2-3,6,9,12-13,15H,4-5,7-8,10-11H2,1H3,(H2,24,25,26,27). The van der Waals surface area contributed by atoms with Crippen LogP contribution in [-0.2, 0) is 4.79 Å². The molecule has 1 saturated carbocycles. The van der Waals surface area contributed by atoms with Crippen molar-refractivity contribution in [2.24, 2.45) is 5.41 Å². The maximum absolute atomic E-state index is 11.6. The van der Waals surface area contributed by atoms with Crippen molar-refractivity contribution in [3.8, 4) is 11.3 Å². The van der Waals surface area contributed by atoms with Gasteiger partial charge < -0.3 is 15.2 Å². The number of aromatic nitrogens is 6. The number of carbonyl (C=O) groups is 1. The van der Waals surface area contributed by atoms with Gasteiger partial charge in [-0.05, 0) is 43.2 Å². The molecule has 0 aromatic carbocycles. The highest BCUT2D eigenvalue weighted by Gasteiger charge is 2.46. The van der Waals surface area contributed by atoms with Gasteiger partial charge in [0, 0.05) is 61.8 Å². The Balaban J connectivity index is 1.15. The molecule has 2 N–H and O–H groups in total. The van der Waals surface area contributed by atoms with Crippen LogP contribution < -0.4 is 5.32 Å². The zero-order valence-electron chi connectivity index (χ0n) is 17.4. The van der Waals surface area contributed by atoms with E-state index in [4.69, 9.17) is 0 Å². The fraction of sp³-hybridized carbons (Fsp3) is 0.409. The summed E-state index contributed by atoms with van der Waals surface area (Å²) >= 11 is 0. The topological polar surface area (TPSA) is 104 Å². The van der Waals surface area contributed by atoms with Crippen LogP contribution in [0.4, 0.5) is 5.95 Å². The molecule has 4 aromatic heterocycles. The summed E-state index contributed by atoms with van der Waals surface area (Å²) in [7, 11) is 0.